The summed E-state index contributed by atoms with van der Waals surface area (Å²) < 4.78 is 2.87. The topological polar surface area (TPSA) is 17.3 Å². The van der Waals surface area contributed by atoms with Gasteiger partial charge in [-0.05, 0) is 22.0 Å². The number of hydrogen-bond donors (Lipinski definition) is 0. The van der Waals surface area contributed by atoms with Gasteiger partial charge < -0.3 is 4.40 Å². The second-order valence-corrected chi connectivity index (χ2v) is 3.39. The molecule has 0 N–H and O–H groups in total. The van der Waals surface area contributed by atoms with E-state index in [-0.39, 0.29) is 0 Å². The van der Waals surface area contributed by atoms with Crippen molar-refractivity contribution in [2.24, 2.45) is 0 Å². The number of aromatic nitrogens is 2. The molecule has 0 radical (unpaired) electrons. The van der Waals surface area contributed by atoms with Crippen LogP contribution in [-0.2, 0) is 0 Å². The normalized spacial score (nSPS) is 10.7. The molecule has 4 heteroatoms. The summed E-state index contributed by atoms with van der Waals surface area (Å²) in [7, 11) is 0. The van der Waals surface area contributed by atoms with Gasteiger partial charge in [-0.25, -0.2) is 0 Å². The van der Waals surface area contributed by atoms with Crippen LogP contribution in [-0.4, -0.2) is 9.38 Å². The highest BCUT2D eigenvalue weighted by Crippen LogP contribution is 2.20. The Morgan fingerprint density at radius 3 is 3.00 bits per heavy atom. The number of fused-ring (bicyclic) bond motifs is 1. The second-order valence-electron chi connectivity index (χ2n) is 2.15. The summed E-state index contributed by atoms with van der Waals surface area (Å²) in [6, 6.07) is 1.93. The van der Waals surface area contributed by atoms with E-state index in [9.17, 15) is 0 Å². The molecule has 11 heavy (non-hydrogen) atoms. The van der Waals surface area contributed by atoms with Crippen LogP contribution in [0.2, 0.25) is 5.15 Å². The number of nitrogens with zero attached hydrogens (tertiary/aromatic N) is 2. The van der Waals surface area contributed by atoms with Crippen LogP contribution < -0.4 is 0 Å². The molecule has 2 aromatic heterocycles. The van der Waals surface area contributed by atoms with Gasteiger partial charge in [-0.2, -0.15) is 0 Å². The van der Waals surface area contributed by atoms with Crippen LogP contribution in [0.4, 0.5) is 0 Å². The summed E-state index contributed by atoms with van der Waals surface area (Å²) in [6.07, 6.45) is 5.26. The van der Waals surface area contributed by atoms with Crippen LogP contribution in [0.3, 0.4) is 0 Å². The van der Waals surface area contributed by atoms with E-state index < -0.39 is 0 Å². The summed E-state index contributed by atoms with van der Waals surface area (Å²) in [5.41, 5.74) is 0.984. The fourth-order valence-electron chi connectivity index (χ4n) is 0.962. The summed E-state index contributed by atoms with van der Waals surface area (Å²) in [4.78, 5) is 3.96. The second kappa shape index (κ2) is 2.50. The maximum absolute atomic E-state index is 5.85. The molecule has 0 spiro atoms. The minimum atomic E-state index is 0.619. The van der Waals surface area contributed by atoms with Gasteiger partial charge >= 0.3 is 0 Å². The zero-order valence-corrected chi connectivity index (χ0v) is 7.80. The number of halogens is 2. The lowest BCUT2D eigenvalue weighted by Gasteiger charge is -1.95. The molecule has 2 heterocycles. The molecule has 2 aromatic rings. The molecule has 0 amide bonds. The Kier molecular flexibility index (Phi) is 1.62. The molecular formula is C7H4BrClN2. The Morgan fingerprint density at radius 1 is 1.45 bits per heavy atom. The van der Waals surface area contributed by atoms with Crippen LogP contribution in [0.1, 0.15) is 0 Å². The largest absolute Gasteiger partial charge is 0.304 e. The van der Waals surface area contributed by atoms with Crippen molar-refractivity contribution in [2.45, 2.75) is 0 Å². The first kappa shape index (κ1) is 7.13. The highest BCUT2D eigenvalue weighted by atomic mass is 79.9. The van der Waals surface area contributed by atoms with Crippen molar-refractivity contribution in [3.05, 3.63) is 34.3 Å². The van der Waals surface area contributed by atoms with Gasteiger partial charge in [0.25, 0.3) is 0 Å². The molecule has 0 aliphatic carbocycles. The van der Waals surface area contributed by atoms with Crippen molar-refractivity contribution in [3.8, 4) is 0 Å². The van der Waals surface area contributed by atoms with Gasteiger partial charge in [-0.15, -0.1) is 0 Å². The van der Waals surface area contributed by atoms with E-state index in [0.717, 1.165) is 9.99 Å². The minimum Gasteiger partial charge on any atom is -0.304 e. The first-order valence-electron chi connectivity index (χ1n) is 3.05. The van der Waals surface area contributed by atoms with Crippen LogP contribution in [0, 0.1) is 0 Å². The number of hydrogen-bond acceptors (Lipinski definition) is 1. The molecule has 0 unspecified atom stereocenters. The van der Waals surface area contributed by atoms with E-state index in [1.807, 2.05) is 16.7 Å². The molecule has 0 aliphatic rings. The first-order chi connectivity index (χ1) is 5.29. The zero-order valence-electron chi connectivity index (χ0n) is 5.46. The van der Waals surface area contributed by atoms with Gasteiger partial charge in [-0.1, -0.05) is 11.6 Å². The Hall–Kier alpha value is -0.540. The highest BCUT2D eigenvalue weighted by Gasteiger charge is 2.00. The van der Waals surface area contributed by atoms with Crippen molar-refractivity contribution in [2.75, 3.05) is 0 Å². The van der Waals surface area contributed by atoms with Crippen LogP contribution in [0.25, 0.3) is 5.52 Å². The van der Waals surface area contributed by atoms with E-state index >= 15 is 0 Å². The number of rotatable bonds is 0. The van der Waals surface area contributed by atoms with E-state index in [1.54, 1.807) is 12.4 Å². The molecule has 0 saturated carbocycles. The molecule has 0 fully saturated rings. The molecule has 0 saturated heterocycles. The zero-order chi connectivity index (χ0) is 7.84. The smallest absolute Gasteiger partial charge is 0.131 e. The molecular weight excluding hydrogens is 227 g/mol. The monoisotopic (exact) mass is 230 g/mol. The predicted molar refractivity (Wildman–Crippen MR) is 47.9 cm³/mol. The van der Waals surface area contributed by atoms with Crippen molar-refractivity contribution in [1.29, 1.82) is 0 Å². The summed E-state index contributed by atoms with van der Waals surface area (Å²) in [6.45, 7) is 0. The molecule has 0 aliphatic heterocycles. The van der Waals surface area contributed by atoms with Gasteiger partial charge in [0, 0.05) is 10.7 Å². The van der Waals surface area contributed by atoms with Crippen LogP contribution in [0.15, 0.2) is 29.1 Å². The Labute approximate surface area is 76.9 Å². The van der Waals surface area contributed by atoms with Crippen molar-refractivity contribution >= 4 is 33.0 Å². The molecule has 2 rings (SSSR count). The van der Waals surface area contributed by atoms with Gasteiger partial charge in [0.15, 0.2) is 0 Å². The van der Waals surface area contributed by atoms with Crippen molar-refractivity contribution in [3.63, 3.8) is 0 Å². The molecule has 56 valence electrons. The lowest BCUT2D eigenvalue weighted by atomic mass is 10.5. The minimum absolute atomic E-state index is 0.619. The molecule has 0 bridgehead atoms. The lowest BCUT2D eigenvalue weighted by molar-refractivity contribution is 1.14. The highest BCUT2D eigenvalue weighted by molar-refractivity contribution is 9.10. The quantitative estimate of drug-likeness (QED) is 0.681. The fraction of sp³-hybridized carbons (Fsp3) is 0. The summed E-state index contributed by atoms with van der Waals surface area (Å²) in [5, 5.41) is 0.619. The SMILES string of the molecule is Clc1cncc2c(Br)ccn12. The van der Waals surface area contributed by atoms with Crippen LogP contribution in [0.5, 0.6) is 0 Å². The van der Waals surface area contributed by atoms with E-state index in [2.05, 4.69) is 20.9 Å². The average molecular weight is 231 g/mol. The lowest BCUT2D eigenvalue weighted by Crippen LogP contribution is -1.84. The predicted octanol–water partition coefficient (Wildman–Crippen LogP) is 2.75. The summed E-state index contributed by atoms with van der Waals surface area (Å²) >= 11 is 9.23. The maximum Gasteiger partial charge on any atom is 0.131 e. The average Bonchev–Trinajstić information content (AvgIpc) is 2.35. The van der Waals surface area contributed by atoms with Gasteiger partial charge in [-0.3, -0.25) is 4.98 Å². The standard InChI is InChI=1S/C7H4BrClN2/c8-5-1-2-11-6(5)3-10-4-7(11)9/h1-4H. The van der Waals surface area contributed by atoms with Gasteiger partial charge in [0.05, 0.1) is 17.9 Å². The maximum atomic E-state index is 5.85. The third kappa shape index (κ3) is 1.04. The molecule has 0 aromatic carbocycles. The fourth-order valence-corrected chi connectivity index (χ4v) is 1.58. The summed E-state index contributed by atoms with van der Waals surface area (Å²) in [5.74, 6) is 0. The Balaban J connectivity index is 2.94. The Morgan fingerprint density at radius 2 is 2.27 bits per heavy atom. The third-order valence-electron chi connectivity index (χ3n) is 1.48. The Bertz CT molecular complexity index is 396. The molecule has 0 atom stereocenters. The van der Waals surface area contributed by atoms with E-state index in [0.29, 0.717) is 5.15 Å². The van der Waals surface area contributed by atoms with Gasteiger partial charge in [0.2, 0.25) is 0 Å². The van der Waals surface area contributed by atoms with Gasteiger partial charge in [0.1, 0.15) is 5.15 Å². The third-order valence-corrected chi connectivity index (χ3v) is 2.43. The van der Waals surface area contributed by atoms with E-state index in [1.165, 1.54) is 0 Å². The van der Waals surface area contributed by atoms with Crippen LogP contribution >= 0.6 is 27.5 Å². The van der Waals surface area contributed by atoms with Crippen molar-refractivity contribution < 1.29 is 0 Å². The molecule has 2 nitrogen and oxygen atoms in total. The first-order valence-corrected chi connectivity index (χ1v) is 4.22. The van der Waals surface area contributed by atoms with Crippen molar-refractivity contribution in [1.82, 2.24) is 9.38 Å². The van der Waals surface area contributed by atoms with E-state index in [4.69, 9.17) is 11.6 Å².